The summed E-state index contributed by atoms with van der Waals surface area (Å²) in [6.07, 6.45) is 1.31. The number of carbonyl (C=O) groups is 2. The Bertz CT molecular complexity index is 780. The van der Waals surface area contributed by atoms with Gasteiger partial charge in [-0.1, -0.05) is 17.7 Å². The van der Waals surface area contributed by atoms with Crippen molar-refractivity contribution in [2.24, 2.45) is 5.73 Å². The summed E-state index contributed by atoms with van der Waals surface area (Å²) >= 11 is 5.91. The monoisotopic (exact) mass is 349 g/mol. The molecule has 0 aliphatic carbocycles. The fourth-order valence-corrected chi connectivity index (χ4v) is 2.26. The van der Waals surface area contributed by atoms with E-state index in [1.807, 2.05) is 0 Å². The summed E-state index contributed by atoms with van der Waals surface area (Å²) < 4.78 is 10.3. The number of para-hydroxylation sites is 1. The highest BCUT2D eigenvalue weighted by Crippen LogP contribution is 2.33. The van der Waals surface area contributed by atoms with Crippen LogP contribution in [-0.4, -0.2) is 30.6 Å². The molecule has 0 saturated heterocycles. The highest BCUT2D eigenvalue weighted by Gasteiger charge is 2.18. The van der Waals surface area contributed by atoms with E-state index in [1.165, 1.54) is 25.4 Å². The quantitative estimate of drug-likeness (QED) is 0.614. The molecule has 0 unspecified atom stereocenters. The van der Waals surface area contributed by atoms with Gasteiger partial charge < -0.3 is 20.5 Å². The first kappa shape index (κ1) is 17.6. The van der Waals surface area contributed by atoms with Gasteiger partial charge in [0, 0.05) is 6.20 Å². The number of benzene rings is 1. The van der Waals surface area contributed by atoms with E-state index >= 15 is 0 Å². The number of anilines is 2. The summed E-state index contributed by atoms with van der Waals surface area (Å²) in [4.78, 5) is 27.4. The van der Waals surface area contributed by atoms with E-state index < -0.39 is 11.9 Å². The largest absolute Gasteiger partial charge is 0.494 e. The number of pyridine rings is 1. The Morgan fingerprint density at radius 3 is 2.67 bits per heavy atom. The van der Waals surface area contributed by atoms with Crippen LogP contribution >= 0.6 is 11.6 Å². The van der Waals surface area contributed by atoms with Crippen molar-refractivity contribution in [3.63, 3.8) is 0 Å². The second-order valence-corrected chi connectivity index (χ2v) is 5.04. The Morgan fingerprint density at radius 2 is 2.04 bits per heavy atom. The number of nitrogens with zero attached hydrogens (tertiary/aromatic N) is 1. The summed E-state index contributed by atoms with van der Waals surface area (Å²) in [6.45, 7) is 1.93. The van der Waals surface area contributed by atoms with Gasteiger partial charge in [-0.05, 0) is 25.1 Å². The van der Waals surface area contributed by atoms with Crippen LogP contribution in [0.3, 0.4) is 0 Å². The Balaban J connectivity index is 2.48. The van der Waals surface area contributed by atoms with Crippen LogP contribution in [-0.2, 0) is 4.74 Å². The van der Waals surface area contributed by atoms with Gasteiger partial charge in [0.15, 0.2) is 5.75 Å². The molecule has 0 aliphatic heterocycles. The minimum absolute atomic E-state index is 0.190. The lowest BCUT2D eigenvalue weighted by atomic mass is 10.1. The zero-order valence-electron chi connectivity index (χ0n) is 13.1. The maximum Gasteiger partial charge on any atom is 0.341 e. The number of primary amides is 1. The predicted octanol–water partition coefficient (Wildman–Crippen LogP) is 2.76. The Hall–Kier alpha value is -2.80. The molecule has 126 valence electrons. The van der Waals surface area contributed by atoms with E-state index in [9.17, 15) is 9.59 Å². The second-order valence-electron chi connectivity index (χ2n) is 4.65. The number of esters is 1. The van der Waals surface area contributed by atoms with Crippen LogP contribution in [0.1, 0.15) is 27.6 Å². The van der Waals surface area contributed by atoms with Gasteiger partial charge in [-0.25, -0.2) is 9.78 Å². The molecule has 0 aliphatic rings. The van der Waals surface area contributed by atoms with Crippen molar-refractivity contribution in [3.8, 4) is 5.75 Å². The summed E-state index contributed by atoms with van der Waals surface area (Å²) in [5.41, 5.74) is 6.57. The minimum Gasteiger partial charge on any atom is -0.494 e. The van der Waals surface area contributed by atoms with Gasteiger partial charge in [0.1, 0.15) is 10.7 Å². The molecule has 0 bridgehead atoms. The lowest BCUT2D eigenvalue weighted by molar-refractivity contribution is 0.0527. The van der Waals surface area contributed by atoms with Crippen molar-refractivity contribution in [3.05, 3.63) is 46.7 Å². The van der Waals surface area contributed by atoms with Crippen molar-refractivity contribution in [2.45, 2.75) is 6.92 Å². The molecule has 24 heavy (non-hydrogen) atoms. The standard InChI is InChI=1S/C16H16ClN3O4/c1-3-24-16(22)10-8-19-13(17)7-12(10)20-11-6-4-5-9(15(18)21)14(11)23-2/h4-8H,3H2,1-2H3,(H2,18,21)(H,19,20). The Kier molecular flexibility index (Phi) is 5.59. The normalized spacial score (nSPS) is 10.1. The molecule has 0 saturated carbocycles. The van der Waals surface area contributed by atoms with Crippen LogP contribution in [0.2, 0.25) is 5.15 Å². The van der Waals surface area contributed by atoms with E-state index in [-0.39, 0.29) is 28.6 Å². The number of ether oxygens (including phenoxy) is 2. The van der Waals surface area contributed by atoms with Gasteiger partial charge in [-0.2, -0.15) is 0 Å². The van der Waals surface area contributed by atoms with Crippen LogP contribution in [0.5, 0.6) is 5.75 Å². The summed E-state index contributed by atoms with van der Waals surface area (Å²) in [5.74, 6) is -0.921. The third kappa shape index (κ3) is 3.75. The van der Waals surface area contributed by atoms with E-state index in [4.69, 9.17) is 26.8 Å². The molecular weight excluding hydrogens is 334 g/mol. The zero-order chi connectivity index (χ0) is 17.7. The molecule has 0 fully saturated rings. The number of carbonyl (C=O) groups excluding carboxylic acids is 2. The molecule has 1 heterocycles. The zero-order valence-corrected chi connectivity index (χ0v) is 13.9. The molecule has 1 aromatic carbocycles. The Labute approximate surface area is 143 Å². The summed E-state index contributed by atoms with van der Waals surface area (Å²) in [7, 11) is 1.42. The number of hydrogen-bond acceptors (Lipinski definition) is 6. The highest BCUT2D eigenvalue weighted by atomic mass is 35.5. The van der Waals surface area contributed by atoms with Crippen molar-refractivity contribution < 1.29 is 19.1 Å². The van der Waals surface area contributed by atoms with Gasteiger partial charge in [0.2, 0.25) is 0 Å². The smallest absolute Gasteiger partial charge is 0.341 e. The van der Waals surface area contributed by atoms with E-state index in [0.717, 1.165) is 0 Å². The van der Waals surface area contributed by atoms with Crippen LogP contribution in [0.25, 0.3) is 0 Å². The first-order valence-corrected chi connectivity index (χ1v) is 7.42. The molecule has 2 aromatic rings. The predicted molar refractivity (Wildman–Crippen MR) is 90.0 cm³/mol. The molecule has 0 spiro atoms. The highest BCUT2D eigenvalue weighted by molar-refractivity contribution is 6.29. The van der Waals surface area contributed by atoms with Crippen LogP contribution in [0, 0.1) is 0 Å². The fourth-order valence-electron chi connectivity index (χ4n) is 2.10. The van der Waals surface area contributed by atoms with Gasteiger partial charge in [0.05, 0.1) is 30.7 Å². The van der Waals surface area contributed by atoms with E-state index in [0.29, 0.717) is 11.4 Å². The molecule has 1 aromatic heterocycles. The second kappa shape index (κ2) is 7.65. The van der Waals surface area contributed by atoms with E-state index in [1.54, 1.807) is 19.1 Å². The van der Waals surface area contributed by atoms with Crippen molar-refractivity contribution in [2.75, 3.05) is 19.0 Å². The maximum absolute atomic E-state index is 12.0. The van der Waals surface area contributed by atoms with Crippen LogP contribution in [0.4, 0.5) is 11.4 Å². The maximum atomic E-state index is 12.0. The first-order chi connectivity index (χ1) is 11.5. The lowest BCUT2D eigenvalue weighted by Gasteiger charge is -2.15. The molecule has 7 nitrogen and oxygen atoms in total. The summed E-state index contributed by atoms with van der Waals surface area (Å²) in [5, 5.41) is 3.20. The molecular formula is C16H16ClN3O4. The topological polar surface area (TPSA) is 104 Å². The van der Waals surface area contributed by atoms with Gasteiger partial charge in [0.25, 0.3) is 5.91 Å². The van der Waals surface area contributed by atoms with Crippen molar-refractivity contribution in [1.82, 2.24) is 4.98 Å². The summed E-state index contributed by atoms with van der Waals surface area (Å²) in [6, 6.07) is 6.33. The minimum atomic E-state index is -0.631. The molecule has 0 atom stereocenters. The number of hydrogen-bond donors (Lipinski definition) is 2. The number of aromatic nitrogens is 1. The molecule has 2 rings (SSSR count). The third-order valence-electron chi connectivity index (χ3n) is 3.12. The molecule has 1 amide bonds. The fraction of sp³-hybridized carbons (Fsp3) is 0.188. The molecule has 0 radical (unpaired) electrons. The molecule has 3 N–H and O–H groups in total. The van der Waals surface area contributed by atoms with Crippen molar-refractivity contribution >= 4 is 34.9 Å². The SMILES string of the molecule is CCOC(=O)c1cnc(Cl)cc1Nc1cccc(C(N)=O)c1OC. The van der Waals surface area contributed by atoms with Gasteiger partial charge in [-0.3, -0.25) is 4.79 Å². The molecule has 8 heteroatoms. The average Bonchev–Trinajstić information content (AvgIpc) is 2.54. The number of amides is 1. The van der Waals surface area contributed by atoms with Crippen molar-refractivity contribution in [1.29, 1.82) is 0 Å². The van der Waals surface area contributed by atoms with Gasteiger partial charge >= 0.3 is 5.97 Å². The van der Waals surface area contributed by atoms with Crippen LogP contribution in [0.15, 0.2) is 30.5 Å². The number of halogens is 1. The Morgan fingerprint density at radius 1 is 1.29 bits per heavy atom. The van der Waals surface area contributed by atoms with E-state index in [2.05, 4.69) is 10.3 Å². The number of rotatable bonds is 6. The van der Waals surface area contributed by atoms with Gasteiger partial charge in [-0.15, -0.1) is 0 Å². The number of nitrogens with one attached hydrogen (secondary N) is 1. The number of nitrogens with two attached hydrogens (primary N) is 1. The van der Waals surface area contributed by atoms with Crippen LogP contribution < -0.4 is 15.8 Å². The third-order valence-corrected chi connectivity index (χ3v) is 3.33. The first-order valence-electron chi connectivity index (χ1n) is 7.04. The number of methoxy groups -OCH3 is 1. The lowest BCUT2D eigenvalue weighted by Crippen LogP contribution is -2.14. The average molecular weight is 350 g/mol.